The van der Waals surface area contributed by atoms with Crippen molar-refractivity contribution >= 4 is 0 Å². The molecule has 0 amide bonds. The molecule has 0 saturated heterocycles. The van der Waals surface area contributed by atoms with E-state index in [1.54, 1.807) is 24.0 Å². The number of benzene rings is 3. The number of hydrogen-bond acceptors (Lipinski definition) is 4. The molecule has 0 N–H and O–H groups in total. The van der Waals surface area contributed by atoms with Crippen LogP contribution in [0.25, 0.3) is 34.2 Å². The second-order valence-electron chi connectivity index (χ2n) is 20.9. The predicted molar refractivity (Wildman–Crippen MR) is 208 cm³/mol. The summed E-state index contributed by atoms with van der Waals surface area (Å²) in [4.78, 5) is 15.5. The predicted octanol–water partition coefficient (Wildman–Crippen LogP) is 10.7. The summed E-state index contributed by atoms with van der Waals surface area (Å²) in [5.41, 5.74) is 7.75. The highest BCUT2D eigenvalue weighted by molar-refractivity contribution is 5.67. The quantitative estimate of drug-likeness (QED) is 0.207. The summed E-state index contributed by atoms with van der Waals surface area (Å²) in [7, 11) is 0. The van der Waals surface area contributed by atoms with Crippen molar-refractivity contribution in [3.05, 3.63) is 89.5 Å². The fraction of sp³-hybridized carbons (Fsp3) is 0.560. The minimum absolute atomic E-state index is 0.401. The molecule has 0 spiro atoms. The standard InChI is InChI=1S/C50H50N4/c51-25-26-1-3-31(4-2-26)46-52-47(32-5-9-34(10-6-32)49-23-29-15-38-36-13-27(19-42(38)49)20-43(49)39(36)16-29)54-48(53-46)33-7-11-35(12-8-33)50-24-30-17-40-37-14-28(21-44(40)50)22-45(50)41(37)18-30/h1-12,27-30,36-45H,13-24H2. The normalized spacial score (nSPS) is 45.8. The summed E-state index contributed by atoms with van der Waals surface area (Å²) in [6, 6.07) is 29.3. The first-order valence-corrected chi connectivity index (χ1v) is 22.0. The van der Waals surface area contributed by atoms with Crippen LogP contribution in [0.15, 0.2) is 72.8 Å². The minimum Gasteiger partial charge on any atom is -0.208 e. The summed E-state index contributed by atoms with van der Waals surface area (Å²) < 4.78 is 0. The maximum atomic E-state index is 9.50. The average Bonchev–Trinajstić information content (AvgIpc) is 3.24. The van der Waals surface area contributed by atoms with E-state index in [9.17, 15) is 5.26 Å². The van der Waals surface area contributed by atoms with Gasteiger partial charge in [0.05, 0.1) is 11.6 Å². The second-order valence-corrected chi connectivity index (χ2v) is 20.9. The largest absolute Gasteiger partial charge is 0.208 e. The summed E-state index contributed by atoms with van der Waals surface area (Å²) in [5.74, 6) is 15.6. The van der Waals surface area contributed by atoms with E-state index in [1.165, 1.54) is 64.2 Å². The van der Waals surface area contributed by atoms with Gasteiger partial charge in [-0.05, 0) is 195 Å². The first-order valence-electron chi connectivity index (χ1n) is 22.0. The highest BCUT2D eigenvalue weighted by Gasteiger charge is 2.71. The Balaban J connectivity index is 0.843. The van der Waals surface area contributed by atoms with Gasteiger partial charge in [0.25, 0.3) is 0 Å². The molecule has 1 aromatic heterocycles. The molecule has 54 heavy (non-hydrogen) atoms. The smallest absolute Gasteiger partial charge is 0.164 e. The molecule has 0 radical (unpaired) electrons. The fourth-order valence-corrected chi connectivity index (χ4v) is 18.3. The van der Waals surface area contributed by atoms with E-state index in [0.717, 1.165) is 111 Å². The lowest BCUT2D eigenvalue weighted by Crippen LogP contribution is -2.69. The molecule has 8 atom stereocenters. The van der Waals surface area contributed by atoms with Gasteiger partial charge < -0.3 is 0 Å². The Hall–Kier alpha value is -3.84. The summed E-state index contributed by atoms with van der Waals surface area (Å²) >= 11 is 0. The van der Waals surface area contributed by atoms with E-state index >= 15 is 0 Å². The van der Waals surface area contributed by atoms with Crippen LogP contribution >= 0.6 is 0 Å². The molecule has 0 aliphatic heterocycles. The zero-order valence-electron chi connectivity index (χ0n) is 31.3. The zero-order valence-corrected chi connectivity index (χ0v) is 31.3. The van der Waals surface area contributed by atoms with Crippen molar-refractivity contribution in [2.45, 2.75) is 87.9 Å². The maximum Gasteiger partial charge on any atom is 0.164 e. The van der Waals surface area contributed by atoms with Gasteiger partial charge in [-0.2, -0.15) is 5.26 Å². The molecular weight excluding hydrogens is 657 g/mol. The summed E-state index contributed by atoms with van der Waals surface area (Å²) in [5, 5.41) is 9.50. The van der Waals surface area contributed by atoms with Crippen LogP contribution in [0.4, 0.5) is 0 Å². The highest BCUT2D eigenvalue weighted by atomic mass is 15.0. The molecule has 14 saturated carbocycles. The third kappa shape index (κ3) is 3.70. The number of nitriles is 1. The molecule has 1 heterocycles. The Kier molecular flexibility index (Phi) is 5.80. The van der Waals surface area contributed by atoms with Crippen LogP contribution in [0.2, 0.25) is 0 Å². The van der Waals surface area contributed by atoms with Crippen molar-refractivity contribution in [2.75, 3.05) is 0 Å². The fourth-order valence-electron chi connectivity index (χ4n) is 18.3. The van der Waals surface area contributed by atoms with Gasteiger partial charge in [-0.3, -0.25) is 0 Å². The van der Waals surface area contributed by atoms with E-state index in [0.29, 0.717) is 22.2 Å². The number of rotatable bonds is 5. The first-order chi connectivity index (χ1) is 26.6. The molecule has 4 nitrogen and oxygen atoms in total. The third-order valence-electron chi connectivity index (χ3n) is 19.4. The highest BCUT2D eigenvalue weighted by Crippen LogP contribution is 2.77. The average molecular weight is 707 g/mol. The van der Waals surface area contributed by atoms with Gasteiger partial charge >= 0.3 is 0 Å². The zero-order chi connectivity index (χ0) is 35.1. The minimum atomic E-state index is 0.401. The monoisotopic (exact) mass is 706 g/mol. The lowest BCUT2D eigenvalue weighted by atomic mass is 9.30. The van der Waals surface area contributed by atoms with E-state index in [2.05, 4.69) is 54.6 Å². The molecule has 270 valence electrons. The Labute approximate surface area is 319 Å². The lowest BCUT2D eigenvalue weighted by Gasteiger charge is -2.74. The molecule has 16 bridgehead atoms. The van der Waals surface area contributed by atoms with Crippen molar-refractivity contribution in [1.29, 1.82) is 5.26 Å². The third-order valence-corrected chi connectivity index (χ3v) is 19.4. The van der Waals surface area contributed by atoms with Gasteiger partial charge in [0, 0.05) is 27.5 Å². The molecular formula is C50H50N4. The Morgan fingerprint density at radius 1 is 0.407 bits per heavy atom. The summed E-state index contributed by atoms with van der Waals surface area (Å²) in [6.45, 7) is 0. The molecule has 14 aliphatic carbocycles. The van der Waals surface area contributed by atoms with Crippen LogP contribution in [0.3, 0.4) is 0 Å². The van der Waals surface area contributed by atoms with Gasteiger partial charge in [-0.1, -0.05) is 48.5 Å². The Morgan fingerprint density at radius 2 is 0.741 bits per heavy atom. The van der Waals surface area contributed by atoms with Crippen molar-refractivity contribution in [2.24, 2.45) is 82.9 Å². The van der Waals surface area contributed by atoms with Crippen LogP contribution in [0.5, 0.6) is 0 Å². The van der Waals surface area contributed by atoms with Crippen LogP contribution in [0, 0.1) is 94.2 Å². The second kappa shape index (κ2) is 10.3. The molecule has 14 fully saturated rings. The number of aromatic nitrogens is 3. The first kappa shape index (κ1) is 30.4. The van der Waals surface area contributed by atoms with Gasteiger partial charge in [-0.15, -0.1) is 0 Å². The van der Waals surface area contributed by atoms with Crippen molar-refractivity contribution < 1.29 is 0 Å². The van der Waals surface area contributed by atoms with Gasteiger partial charge in [0.2, 0.25) is 0 Å². The Bertz CT molecular complexity index is 2090. The van der Waals surface area contributed by atoms with Gasteiger partial charge in [0.15, 0.2) is 17.5 Å². The van der Waals surface area contributed by atoms with Crippen molar-refractivity contribution in [1.82, 2.24) is 15.0 Å². The molecule has 3 aromatic carbocycles. The van der Waals surface area contributed by atoms with Crippen molar-refractivity contribution in [3.8, 4) is 40.2 Å². The Morgan fingerprint density at radius 3 is 1.09 bits per heavy atom. The molecule has 14 aliphatic rings. The van der Waals surface area contributed by atoms with Crippen molar-refractivity contribution in [3.63, 3.8) is 0 Å². The van der Waals surface area contributed by atoms with Crippen LogP contribution in [-0.4, -0.2) is 15.0 Å². The van der Waals surface area contributed by atoms with E-state index in [1.807, 2.05) is 24.3 Å². The number of hydrogen-bond donors (Lipinski definition) is 0. The van der Waals surface area contributed by atoms with E-state index in [-0.39, 0.29) is 0 Å². The number of nitrogens with zero attached hydrogens (tertiary/aromatic N) is 4. The molecule has 4 heteroatoms. The maximum absolute atomic E-state index is 9.50. The molecule has 18 rings (SSSR count). The van der Waals surface area contributed by atoms with Crippen LogP contribution in [-0.2, 0) is 10.8 Å². The van der Waals surface area contributed by atoms with Crippen LogP contribution < -0.4 is 0 Å². The van der Waals surface area contributed by atoms with E-state index < -0.39 is 0 Å². The van der Waals surface area contributed by atoms with Crippen LogP contribution in [0.1, 0.15) is 93.7 Å². The topological polar surface area (TPSA) is 62.5 Å². The van der Waals surface area contributed by atoms with E-state index in [4.69, 9.17) is 15.0 Å². The summed E-state index contributed by atoms with van der Waals surface area (Å²) in [6.07, 6.45) is 17.9. The molecule has 4 aromatic rings. The SMILES string of the molecule is N#Cc1ccc(-c2nc(-c3ccc(C45CC6CC7C8CC(CC74)CC5C8C6)cc3)nc(-c3ccc(C45CC6CC7C8CC(CC74)CC5C8C6)cc3)n2)cc1. The van der Waals surface area contributed by atoms with Gasteiger partial charge in [0.1, 0.15) is 0 Å². The lowest BCUT2D eigenvalue weighted by molar-refractivity contribution is -0.220. The van der Waals surface area contributed by atoms with Gasteiger partial charge in [-0.25, -0.2) is 15.0 Å². The molecule has 8 unspecified atom stereocenters.